The maximum atomic E-state index is 12.8. The van der Waals surface area contributed by atoms with E-state index in [-0.39, 0.29) is 11.9 Å². The molecule has 0 bridgehead atoms. The molecule has 2 rings (SSSR count). The van der Waals surface area contributed by atoms with E-state index in [1.165, 1.54) is 12.5 Å². The van der Waals surface area contributed by atoms with Crippen molar-refractivity contribution in [3.63, 3.8) is 0 Å². The SMILES string of the molecule is Fc1cccc(CCC2COC=N2)c1. The minimum absolute atomic E-state index is 0.173. The summed E-state index contributed by atoms with van der Waals surface area (Å²) in [6, 6.07) is 6.94. The number of aryl methyl sites for hydroxylation is 1. The molecule has 0 aliphatic carbocycles. The van der Waals surface area contributed by atoms with Crippen molar-refractivity contribution >= 4 is 6.40 Å². The number of hydrogen-bond donors (Lipinski definition) is 0. The van der Waals surface area contributed by atoms with Gasteiger partial charge in [0, 0.05) is 0 Å². The normalized spacial score (nSPS) is 19.6. The van der Waals surface area contributed by atoms with Crippen LogP contribution in [0.4, 0.5) is 4.39 Å². The highest BCUT2D eigenvalue weighted by molar-refractivity contribution is 5.48. The zero-order chi connectivity index (χ0) is 9.80. The Morgan fingerprint density at radius 2 is 2.43 bits per heavy atom. The minimum atomic E-state index is -0.173. The van der Waals surface area contributed by atoms with E-state index in [0.29, 0.717) is 6.61 Å². The van der Waals surface area contributed by atoms with Crippen LogP contribution in [0.25, 0.3) is 0 Å². The van der Waals surface area contributed by atoms with E-state index in [4.69, 9.17) is 4.74 Å². The van der Waals surface area contributed by atoms with E-state index in [0.717, 1.165) is 18.4 Å². The van der Waals surface area contributed by atoms with Crippen LogP contribution in [0, 0.1) is 5.82 Å². The molecule has 0 spiro atoms. The predicted molar refractivity (Wildman–Crippen MR) is 53.0 cm³/mol. The maximum absolute atomic E-state index is 12.8. The largest absolute Gasteiger partial charge is 0.481 e. The second-order valence-corrected chi connectivity index (χ2v) is 3.41. The van der Waals surface area contributed by atoms with Crippen LogP contribution in [0.3, 0.4) is 0 Å². The highest BCUT2D eigenvalue weighted by Gasteiger charge is 2.11. The van der Waals surface area contributed by atoms with Gasteiger partial charge >= 0.3 is 0 Å². The van der Waals surface area contributed by atoms with Crippen LogP contribution in [0.5, 0.6) is 0 Å². The fraction of sp³-hybridized carbons (Fsp3) is 0.364. The molecule has 14 heavy (non-hydrogen) atoms. The Morgan fingerprint density at radius 3 is 3.14 bits per heavy atom. The van der Waals surface area contributed by atoms with Crippen molar-refractivity contribution in [2.75, 3.05) is 6.61 Å². The van der Waals surface area contributed by atoms with Crippen LogP contribution in [0.1, 0.15) is 12.0 Å². The lowest BCUT2D eigenvalue weighted by molar-refractivity contribution is 0.322. The lowest BCUT2D eigenvalue weighted by atomic mass is 10.1. The number of hydrogen-bond acceptors (Lipinski definition) is 2. The first-order valence-electron chi connectivity index (χ1n) is 4.72. The van der Waals surface area contributed by atoms with Crippen molar-refractivity contribution in [1.29, 1.82) is 0 Å². The number of benzene rings is 1. The highest BCUT2D eigenvalue weighted by atomic mass is 19.1. The van der Waals surface area contributed by atoms with Crippen LogP contribution in [-0.2, 0) is 11.2 Å². The van der Waals surface area contributed by atoms with Crippen LogP contribution in [-0.4, -0.2) is 19.0 Å². The van der Waals surface area contributed by atoms with Gasteiger partial charge < -0.3 is 4.74 Å². The van der Waals surface area contributed by atoms with Crippen molar-refractivity contribution in [3.05, 3.63) is 35.6 Å². The van der Waals surface area contributed by atoms with Crippen molar-refractivity contribution in [3.8, 4) is 0 Å². The van der Waals surface area contributed by atoms with Gasteiger partial charge in [0.15, 0.2) is 6.40 Å². The second-order valence-electron chi connectivity index (χ2n) is 3.41. The molecule has 1 aromatic rings. The zero-order valence-corrected chi connectivity index (χ0v) is 7.82. The fourth-order valence-electron chi connectivity index (χ4n) is 1.51. The van der Waals surface area contributed by atoms with Gasteiger partial charge in [0.05, 0.1) is 6.04 Å². The molecule has 1 unspecified atom stereocenters. The van der Waals surface area contributed by atoms with E-state index in [1.807, 2.05) is 6.07 Å². The first-order chi connectivity index (χ1) is 6.84. The molecule has 0 fully saturated rings. The quantitative estimate of drug-likeness (QED) is 0.721. The van der Waals surface area contributed by atoms with Gasteiger partial charge in [-0.15, -0.1) is 0 Å². The molecule has 74 valence electrons. The van der Waals surface area contributed by atoms with Crippen LogP contribution >= 0.6 is 0 Å². The number of ether oxygens (including phenoxy) is 1. The lowest BCUT2D eigenvalue weighted by Gasteiger charge is -2.04. The molecule has 2 nitrogen and oxygen atoms in total. The molecular formula is C11H12FNO. The molecule has 0 aromatic heterocycles. The van der Waals surface area contributed by atoms with Crippen molar-refractivity contribution in [2.24, 2.45) is 4.99 Å². The van der Waals surface area contributed by atoms with Crippen molar-refractivity contribution in [1.82, 2.24) is 0 Å². The third-order valence-electron chi connectivity index (χ3n) is 2.29. The molecule has 1 atom stereocenters. The summed E-state index contributed by atoms with van der Waals surface area (Å²) in [6.07, 6.45) is 3.26. The summed E-state index contributed by atoms with van der Waals surface area (Å²) in [5, 5.41) is 0. The summed E-state index contributed by atoms with van der Waals surface area (Å²) in [4.78, 5) is 4.13. The summed E-state index contributed by atoms with van der Waals surface area (Å²) in [7, 11) is 0. The van der Waals surface area contributed by atoms with Gasteiger partial charge in [0.2, 0.25) is 0 Å². The third kappa shape index (κ3) is 2.31. The molecule has 1 aliphatic heterocycles. The molecule has 0 saturated heterocycles. The molecule has 0 N–H and O–H groups in total. The fourth-order valence-corrected chi connectivity index (χ4v) is 1.51. The van der Waals surface area contributed by atoms with Gasteiger partial charge in [-0.2, -0.15) is 0 Å². The maximum Gasteiger partial charge on any atom is 0.169 e. The van der Waals surface area contributed by atoms with Crippen molar-refractivity contribution < 1.29 is 9.13 Å². The monoisotopic (exact) mass is 193 g/mol. The third-order valence-corrected chi connectivity index (χ3v) is 2.29. The van der Waals surface area contributed by atoms with Gasteiger partial charge in [0.1, 0.15) is 12.4 Å². The first-order valence-corrected chi connectivity index (χ1v) is 4.72. The van der Waals surface area contributed by atoms with E-state index in [9.17, 15) is 4.39 Å². The first kappa shape index (κ1) is 9.19. The molecule has 0 radical (unpaired) electrons. The number of aliphatic imine (C=N–C) groups is 1. The van der Waals surface area contributed by atoms with Gasteiger partial charge in [-0.1, -0.05) is 12.1 Å². The van der Waals surface area contributed by atoms with Gasteiger partial charge in [-0.3, -0.25) is 4.99 Å². The van der Waals surface area contributed by atoms with E-state index in [1.54, 1.807) is 12.1 Å². The molecule has 0 saturated carbocycles. The minimum Gasteiger partial charge on any atom is -0.481 e. The summed E-state index contributed by atoms with van der Waals surface area (Å²) >= 11 is 0. The Hall–Kier alpha value is -1.38. The number of rotatable bonds is 3. The molecule has 0 amide bonds. The number of halogens is 1. The second kappa shape index (κ2) is 4.22. The Balaban J connectivity index is 1.88. The Kier molecular flexibility index (Phi) is 2.77. The Labute approximate surface area is 82.4 Å². The molecule has 3 heteroatoms. The molecule has 1 heterocycles. The van der Waals surface area contributed by atoms with Crippen LogP contribution in [0.15, 0.2) is 29.3 Å². The van der Waals surface area contributed by atoms with Crippen LogP contribution < -0.4 is 0 Å². The van der Waals surface area contributed by atoms with E-state index in [2.05, 4.69) is 4.99 Å². The highest BCUT2D eigenvalue weighted by Crippen LogP contribution is 2.11. The average molecular weight is 193 g/mol. The zero-order valence-electron chi connectivity index (χ0n) is 7.82. The molecule has 1 aliphatic rings. The van der Waals surface area contributed by atoms with Gasteiger partial charge in [0.25, 0.3) is 0 Å². The van der Waals surface area contributed by atoms with Crippen molar-refractivity contribution in [2.45, 2.75) is 18.9 Å². The summed E-state index contributed by atoms with van der Waals surface area (Å²) < 4.78 is 17.8. The summed E-state index contributed by atoms with van der Waals surface area (Å²) in [6.45, 7) is 0.662. The standard InChI is InChI=1S/C11H12FNO/c12-10-3-1-2-9(6-10)4-5-11-7-14-8-13-11/h1-3,6,8,11H,4-5,7H2. The predicted octanol–water partition coefficient (Wildman–Crippen LogP) is 2.19. The summed E-state index contributed by atoms with van der Waals surface area (Å²) in [5.74, 6) is -0.173. The molecule has 1 aromatic carbocycles. The number of nitrogens with zero attached hydrogens (tertiary/aromatic N) is 1. The summed E-state index contributed by atoms with van der Waals surface area (Å²) in [5.41, 5.74) is 1.02. The molecular weight excluding hydrogens is 181 g/mol. The van der Waals surface area contributed by atoms with E-state index >= 15 is 0 Å². The topological polar surface area (TPSA) is 21.6 Å². The smallest absolute Gasteiger partial charge is 0.169 e. The van der Waals surface area contributed by atoms with E-state index < -0.39 is 0 Å². The van der Waals surface area contributed by atoms with Gasteiger partial charge in [-0.25, -0.2) is 4.39 Å². The Morgan fingerprint density at radius 1 is 1.50 bits per heavy atom. The van der Waals surface area contributed by atoms with Gasteiger partial charge in [-0.05, 0) is 30.5 Å². The van der Waals surface area contributed by atoms with Crippen LogP contribution in [0.2, 0.25) is 0 Å². The average Bonchev–Trinajstić information content (AvgIpc) is 2.67. The Bertz CT molecular complexity index is 338. The lowest BCUT2D eigenvalue weighted by Crippen LogP contribution is -2.07.